The van der Waals surface area contributed by atoms with Crippen molar-refractivity contribution < 1.29 is 9.53 Å². The molecule has 0 fully saturated rings. The Morgan fingerprint density at radius 3 is 2.86 bits per heavy atom. The van der Waals surface area contributed by atoms with Gasteiger partial charge in [-0.1, -0.05) is 13.3 Å². The number of fused-ring (bicyclic) bond motifs is 1. The number of carbonyl (C=O) groups is 1. The highest BCUT2D eigenvalue weighted by atomic mass is 79.9. The molecule has 0 saturated heterocycles. The summed E-state index contributed by atoms with van der Waals surface area (Å²) in [5, 5.41) is 7.31. The van der Waals surface area contributed by atoms with E-state index in [1.54, 1.807) is 23.0 Å². The van der Waals surface area contributed by atoms with Crippen LogP contribution in [-0.2, 0) is 9.53 Å². The van der Waals surface area contributed by atoms with Crippen molar-refractivity contribution in [3.63, 3.8) is 0 Å². The molecule has 0 spiro atoms. The standard InChI is InChI=1S/C15H21BrN4O2/c1-5-6-11(14(21)22-15(2,3)4)18-12-7-8-20-13(19-12)10(16)9-17-20/h7-9,11H,5-6H2,1-4H3,(H,18,19)/t11-/m1/s1. The SMILES string of the molecule is CCC[C@@H](Nc1ccn2ncc(Br)c2n1)C(=O)OC(C)(C)C. The Bertz CT molecular complexity index is 663. The van der Waals surface area contributed by atoms with E-state index in [4.69, 9.17) is 4.74 Å². The monoisotopic (exact) mass is 368 g/mol. The number of rotatable bonds is 5. The van der Waals surface area contributed by atoms with Crippen LogP contribution in [0.3, 0.4) is 0 Å². The van der Waals surface area contributed by atoms with Crippen LogP contribution in [0.4, 0.5) is 5.82 Å². The van der Waals surface area contributed by atoms with Crippen LogP contribution in [0.25, 0.3) is 5.65 Å². The number of halogens is 1. The second-order valence-electron chi connectivity index (χ2n) is 6.09. The minimum absolute atomic E-state index is 0.261. The number of nitrogens with one attached hydrogen (secondary N) is 1. The summed E-state index contributed by atoms with van der Waals surface area (Å²) in [6.45, 7) is 7.62. The van der Waals surface area contributed by atoms with Crippen molar-refractivity contribution in [1.82, 2.24) is 14.6 Å². The van der Waals surface area contributed by atoms with Gasteiger partial charge in [-0.3, -0.25) is 0 Å². The zero-order chi connectivity index (χ0) is 16.3. The summed E-state index contributed by atoms with van der Waals surface area (Å²) in [6.07, 6.45) is 5.04. The van der Waals surface area contributed by atoms with Crippen LogP contribution in [0.15, 0.2) is 22.9 Å². The second-order valence-corrected chi connectivity index (χ2v) is 6.95. The molecule has 7 heteroatoms. The third-order valence-electron chi connectivity index (χ3n) is 2.92. The Kier molecular flexibility index (Phi) is 5.05. The van der Waals surface area contributed by atoms with Crippen molar-refractivity contribution in [2.24, 2.45) is 0 Å². The molecule has 2 aromatic heterocycles. The van der Waals surface area contributed by atoms with Gasteiger partial charge in [0.1, 0.15) is 17.5 Å². The lowest BCUT2D eigenvalue weighted by Gasteiger charge is -2.24. The largest absolute Gasteiger partial charge is 0.458 e. The van der Waals surface area contributed by atoms with Crippen molar-refractivity contribution in [2.45, 2.75) is 52.2 Å². The molecule has 120 valence electrons. The summed E-state index contributed by atoms with van der Waals surface area (Å²) in [6, 6.07) is 1.38. The zero-order valence-corrected chi connectivity index (χ0v) is 14.8. The minimum atomic E-state index is -0.503. The molecule has 6 nitrogen and oxygen atoms in total. The van der Waals surface area contributed by atoms with Gasteiger partial charge in [-0.05, 0) is 49.2 Å². The molecule has 0 unspecified atom stereocenters. The number of carbonyl (C=O) groups excluding carboxylic acids is 1. The lowest BCUT2D eigenvalue weighted by atomic mass is 10.1. The molecule has 0 radical (unpaired) electrons. The van der Waals surface area contributed by atoms with Crippen LogP contribution in [0.2, 0.25) is 0 Å². The molecule has 2 heterocycles. The predicted molar refractivity (Wildman–Crippen MR) is 88.9 cm³/mol. The number of nitrogens with zero attached hydrogens (tertiary/aromatic N) is 3. The first-order valence-corrected chi connectivity index (χ1v) is 8.08. The second kappa shape index (κ2) is 6.64. The molecule has 2 aromatic rings. The van der Waals surface area contributed by atoms with E-state index >= 15 is 0 Å². The van der Waals surface area contributed by atoms with Gasteiger partial charge in [0, 0.05) is 6.20 Å². The van der Waals surface area contributed by atoms with E-state index in [1.165, 1.54) is 0 Å². The molecule has 1 N–H and O–H groups in total. The molecule has 1 atom stereocenters. The summed E-state index contributed by atoms with van der Waals surface area (Å²) >= 11 is 3.40. The van der Waals surface area contributed by atoms with Crippen molar-refractivity contribution in [1.29, 1.82) is 0 Å². The first-order valence-electron chi connectivity index (χ1n) is 7.29. The molecule has 0 amide bonds. The Morgan fingerprint density at radius 2 is 2.23 bits per heavy atom. The molecular formula is C15H21BrN4O2. The number of ether oxygens (including phenoxy) is 1. The Morgan fingerprint density at radius 1 is 1.50 bits per heavy atom. The topological polar surface area (TPSA) is 68.5 Å². The molecule has 0 aliphatic heterocycles. The fourth-order valence-electron chi connectivity index (χ4n) is 2.01. The lowest BCUT2D eigenvalue weighted by molar-refractivity contribution is -0.155. The molecule has 0 aliphatic rings. The Hall–Kier alpha value is -1.63. The average Bonchev–Trinajstić information content (AvgIpc) is 2.78. The van der Waals surface area contributed by atoms with E-state index in [0.29, 0.717) is 17.9 Å². The van der Waals surface area contributed by atoms with E-state index in [9.17, 15) is 4.79 Å². The fraction of sp³-hybridized carbons (Fsp3) is 0.533. The van der Waals surface area contributed by atoms with Crippen molar-refractivity contribution >= 4 is 33.4 Å². The quantitative estimate of drug-likeness (QED) is 0.818. The highest BCUT2D eigenvalue weighted by Crippen LogP contribution is 2.19. The molecule has 0 bridgehead atoms. The summed E-state index contributed by atoms with van der Waals surface area (Å²) in [5.74, 6) is 0.363. The van der Waals surface area contributed by atoms with Crippen molar-refractivity contribution in [3.05, 3.63) is 22.9 Å². The minimum Gasteiger partial charge on any atom is -0.458 e. The number of hydrogen-bond donors (Lipinski definition) is 1. The Balaban J connectivity index is 2.18. The summed E-state index contributed by atoms with van der Waals surface area (Å²) in [7, 11) is 0. The molecular weight excluding hydrogens is 348 g/mol. The summed E-state index contributed by atoms with van der Waals surface area (Å²) < 4.78 is 7.94. The number of anilines is 1. The summed E-state index contributed by atoms with van der Waals surface area (Å²) in [4.78, 5) is 16.8. The third kappa shape index (κ3) is 4.19. The number of esters is 1. The van der Waals surface area contributed by atoms with E-state index in [1.807, 2.05) is 27.7 Å². The molecule has 0 aromatic carbocycles. The van der Waals surface area contributed by atoms with E-state index in [2.05, 4.69) is 31.3 Å². The number of aromatic nitrogens is 3. The lowest BCUT2D eigenvalue weighted by Crippen LogP contribution is -2.36. The van der Waals surface area contributed by atoms with Crippen LogP contribution in [0.5, 0.6) is 0 Å². The van der Waals surface area contributed by atoms with Crippen LogP contribution in [0.1, 0.15) is 40.5 Å². The van der Waals surface area contributed by atoms with Gasteiger partial charge in [0.15, 0.2) is 5.65 Å². The van der Waals surface area contributed by atoms with Gasteiger partial charge in [-0.2, -0.15) is 5.10 Å². The first-order chi connectivity index (χ1) is 10.3. The van der Waals surface area contributed by atoms with Gasteiger partial charge in [0.05, 0.1) is 10.7 Å². The predicted octanol–water partition coefficient (Wildman–Crippen LogP) is 3.41. The van der Waals surface area contributed by atoms with Crippen molar-refractivity contribution in [2.75, 3.05) is 5.32 Å². The molecule has 22 heavy (non-hydrogen) atoms. The number of hydrogen-bond acceptors (Lipinski definition) is 5. The van der Waals surface area contributed by atoms with Crippen LogP contribution in [-0.4, -0.2) is 32.2 Å². The smallest absolute Gasteiger partial charge is 0.329 e. The molecule has 2 rings (SSSR count). The highest BCUT2D eigenvalue weighted by Gasteiger charge is 2.25. The normalized spacial score (nSPS) is 13.1. The molecule has 0 aliphatic carbocycles. The van der Waals surface area contributed by atoms with Gasteiger partial charge < -0.3 is 10.1 Å². The van der Waals surface area contributed by atoms with Gasteiger partial charge >= 0.3 is 5.97 Å². The fourth-order valence-corrected chi connectivity index (χ4v) is 2.37. The van der Waals surface area contributed by atoms with Gasteiger partial charge in [-0.25, -0.2) is 14.3 Å². The summed E-state index contributed by atoms with van der Waals surface area (Å²) in [5.41, 5.74) is 0.195. The maximum Gasteiger partial charge on any atom is 0.329 e. The van der Waals surface area contributed by atoms with Crippen LogP contribution >= 0.6 is 15.9 Å². The average molecular weight is 369 g/mol. The third-order valence-corrected chi connectivity index (χ3v) is 3.48. The van der Waals surface area contributed by atoms with Crippen LogP contribution < -0.4 is 5.32 Å². The van der Waals surface area contributed by atoms with Crippen LogP contribution in [0, 0.1) is 0 Å². The van der Waals surface area contributed by atoms with Crippen molar-refractivity contribution in [3.8, 4) is 0 Å². The maximum atomic E-state index is 12.3. The van der Waals surface area contributed by atoms with E-state index in [-0.39, 0.29) is 5.97 Å². The van der Waals surface area contributed by atoms with E-state index < -0.39 is 11.6 Å². The highest BCUT2D eigenvalue weighted by molar-refractivity contribution is 9.10. The van der Waals surface area contributed by atoms with Gasteiger partial charge in [0.2, 0.25) is 0 Å². The maximum absolute atomic E-state index is 12.3. The zero-order valence-electron chi connectivity index (χ0n) is 13.3. The van der Waals surface area contributed by atoms with Gasteiger partial charge in [-0.15, -0.1) is 0 Å². The first kappa shape index (κ1) is 16.7. The van der Waals surface area contributed by atoms with E-state index in [0.717, 1.165) is 10.9 Å². The molecule has 0 saturated carbocycles. The van der Waals surface area contributed by atoms with Gasteiger partial charge in [0.25, 0.3) is 0 Å². The Labute approximate surface area is 138 Å².